The van der Waals surface area contributed by atoms with Gasteiger partial charge in [-0.3, -0.25) is 14.5 Å². The SMILES string of the molecule is CCCOc1ccc(C(O)=C2C(=O)C(=O)N(c3ccccn3)[C@H]2c2ccccc2)cc1. The summed E-state index contributed by atoms with van der Waals surface area (Å²) in [5, 5.41) is 11.1. The number of anilines is 1. The van der Waals surface area contributed by atoms with E-state index < -0.39 is 17.7 Å². The molecule has 1 saturated heterocycles. The van der Waals surface area contributed by atoms with E-state index in [2.05, 4.69) is 4.98 Å². The van der Waals surface area contributed by atoms with Crippen LogP contribution in [0, 0.1) is 0 Å². The van der Waals surface area contributed by atoms with Crippen molar-refractivity contribution in [2.45, 2.75) is 19.4 Å². The van der Waals surface area contributed by atoms with Gasteiger partial charge in [0.15, 0.2) is 0 Å². The molecule has 1 atom stereocenters. The van der Waals surface area contributed by atoms with Crippen molar-refractivity contribution in [3.63, 3.8) is 0 Å². The molecule has 1 amide bonds. The fraction of sp³-hybridized carbons (Fsp3) is 0.160. The molecular weight excluding hydrogens is 392 g/mol. The highest BCUT2D eigenvalue weighted by Gasteiger charge is 2.47. The van der Waals surface area contributed by atoms with Crippen LogP contribution in [0.4, 0.5) is 5.82 Å². The molecule has 2 heterocycles. The van der Waals surface area contributed by atoms with E-state index in [9.17, 15) is 14.7 Å². The Labute approximate surface area is 180 Å². The Morgan fingerprint density at radius 1 is 1.00 bits per heavy atom. The average Bonchev–Trinajstić information content (AvgIpc) is 3.09. The third kappa shape index (κ3) is 3.92. The molecule has 6 heteroatoms. The smallest absolute Gasteiger partial charge is 0.301 e. The van der Waals surface area contributed by atoms with Crippen molar-refractivity contribution < 1.29 is 19.4 Å². The van der Waals surface area contributed by atoms with Crippen molar-refractivity contribution in [1.82, 2.24) is 4.98 Å². The van der Waals surface area contributed by atoms with E-state index in [0.717, 1.165) is 6.42 Å². The highest BCUT2D eigenvalue weighted by Crippen LogP contribution is 2.41. The third-order valence-electron chi connectivity index (χ3n) is 5.06. The number of benzene rings is 2. The summed E-state index contributed by atoms with van der Waals surface area (Å²) in [5.74, 6) is -0.680. The van der Waals surface area contributed by atoms with Crippen LogP contribution < -0.4 is 9.64 Å². The molecule has 3 aromatic rings. The van der Waals surface area contributed by atoms with Crippen LogP contribution >= 0.6 is 0 Å². The maximum atomic E-state index is 13.0. The van der Waals surface area contributed by atoms with E-state index in [-0.39, 0.29) is 11.3 Å². The number of carbonyl (C=O) groups excluding carboxylic acids is 2. The van der Waals surface area contributed by atoms with Crippen LogP contribution in [-0.2, 0) is 9.59 Å². The van der Waals surface area contributed by atoms with E-state index >= 15 is 0 Å². The number of amides is 1. The molecule has 0 saturated carbocycles. The molecule has 6 nitrogen and oxygen atoms in total. The summed E-state index contributed by atoms with van der Waals surface area (Å²) in [6.45, 7) is 2.61. The number of Topliss-reactive ketones (excluding diaryl/α,β-unsaturated/α-hetero) is 1. The second-order valence-electron chi connectivity index (χ2n) is 7.14. The molecule has 0 bridgehead atoms. The fourth-order valence-electron chi connectivity index (χ4n) is 3.60. The first-order valence-electron chi connectivity index (χ1n) is 10.1. The van der Waals surface area contributed by atoms with Crippen molar-refractivity contribution in [3.8, 4) is 5.75 Å². The van der Waals surface area contributed by atoms with Gasteiger partial charge in [0.1, 0.15) is 17.3 Å². The van der Waals surface area contributed by atoms with Crippen LogP contribution in [0.25, 0.3) is 5.76 Å². The Balaban J connectivity index is 1.82. The molecule has 0 radical (unpaired) electrons. The first-order chi connectivity index (χ1) is 15.1. The predicted molar refractivity (Wildman–Crippen MR) is 118 cm³/mol. The number of nitrogens with zero attached hydrogens (tertiary/aromatic N) is 2. The molecule has 4 rings (SSSR count). The number of aromatic nitrogens is 1. The van der Waals surface area contributed by atoms with E-state index in [1.807, 2.05) is 37.3 Å². The standard InChI is InChI=1S/C25H22N2O4/c1-2-16-31-19-13-11-18(12-14-19)23(28)21-22(17-8-4-3-5-9-17)27(25(30)24(21)29)20-10-6-7-15-26-20/h3-15,22,28H,2,16H2,1H3/t22-/m0/s1. The summed E-state index contributed by atoms with van der Waals surface area (Å²) in [7, 11) is 0. The van der Waals surface area contributed by atoms with Gasteiger partial charge in [-0.15, -0.1) is 0 Å². The Morgan fingerprint density at radius 3 is 2.35 bits per heavy atom. The number of pyridine rings is 1. The quantitative estimate of drug-likeness (QED) is 0.365. The van der Waals surface area contributed by atoms with Crippen LogP contribution in [0.2, 0.25) is 0 Å². The minimum Gasteiger partial charge on any atom is -0.507 e. The number of ether oxygens (including phenoxy) is 1. The van der Waals surface area contributed by atoms with Gasteiger partial charge in [-0.2, -0.15) is 0 Å². The zero-order valence-electron chi connectivity index (χ0n) is 17.1. The second-order valence-corrected chi connectivity index (χ2v) is 7.14. The van der Waals surface area contributed by atoms with E-state index in [0.29, 0.717) is 29.3 Å². The van der Waals surface area contributed by atoms with Crippen LogP contribution in [0.5, 0.6) is 5.75 Å². The first kappa shape index (κ1) is 20.3. The predicted octanol–water partition coefficient (Wildman–Crippen LogP) is 4.50. The number of aliphatic hydroxyl groups is 1. The summed E-state index contributed by atoms with van der Waals surface area (Å²) in [6, 6.07) is 20.3. The van der Waals surface area contributed by atoms with Crippen LogP contribution in [0.1, 0.15) is 30.5 Å². The molecule has 1 fully saturated rings. The van der Waals surface area contributed by atoms with Gasteiger partial charge in [-0.25, -0.2) is 4.98 Å². The van der Waals surface area contributed by atoms with Gasteiger partial charge in [0.25, 0.3) is 5.78 Å². The molecule has 156 valence electrons. The fourth-order valence-corrected chi connectivity index (χ4v) is 3.60. The minimum absolute atomic E-state index is 0.0316. The maximum Gasteiger partial charge on any atom is 0.301 e. The second kappa shape index (κ2) is 8.83. The molecule has 31 heavy (non-hydrogen) atoms. The molecule has 1 aliphatic heterocycles. The Kier molecular flexibility index (Phi) is 5.80. The zero-order valence-corrected chi connectivity index (χ0v) is 17.1. The summed E-state index contributed by atoms with van der Waals surface area (Å²) in [5.41, 5.74) is 1.17. The van der Waals surface area contributed by atoms with E-state index in [4.69, 9.17) is 4.74 Å². The van der Waals surface area contributed by atoms with Gasteiger partial charge in [0, 0.05) is 11.8 Å². The molecule has 1 N–H and O–H groups in total. The third-order valence-corrected chi connectivity index (χ3v) is 5.06. The van der Waals surface area contributed by atoms with Crippen molar-refractivity contribution in [1.29, 1.82) is 0 Å². The topological polar surface area (TPSA) is 79.7 Å². The highest BCUT2D eigenvalue weighted by molar-refractivity contribution is 6.51. The van der Waals surface area contributed by atoms with E-state index in [1.54, 1.807) is 48.7 Å². The number of hydrogen-bond donors (Lipinski definition) is 1. The molecule has 0 spiro atoms. The van der Waals surface area contributed by atoms with Gasteiger partial charge in [-0.05, 0) is 48.4 Å². The van der Waals surface area contributed by atoms with Gasteiger partial charge in [0.05, 0.1) is 18.2 Å². The molecule has 0 aliphatic carbocycles. The van der Waals surface area contributed by atoms with Gasteiger partial charge in [-0.1, -0.05) is 43.3 Å². The van der Waals surface area contributed by atoms with Gasteiger partial charge >= 0.3 is 5.91 Å². The van der Waals surface area contributed by atoms with E-state index in [1.165, 1.54) is 4.90 Å². The molecule has 0 unspecified atom stereocenters. The average molecular weight is 414 g/mol. The largest absolute Gasteiger partial charge is 0.507 e. The van der Waals surface area contributed by atoms with Gasteiger partial charge < -0.3 is 9.84 Å². The van der Waals surface area contributed by atoms with Gasteiger partial charge in [0.2, 0.25) is 0 Å². The number of aliphatic hydroxyl groups excluding tert-OH is 1. The molecule has 1 aromatic heterocycles. The van der Waals surface area contributed by atoms with Crippen LogP contribution in [0.3, 0.4) is 0 Å². The lowest BCUT2D eigenvalue weighted by molar-refractivity contribution is -0.132. The number of ketones is 1. The Hall–Kier alpha value is -3.93. The normalized spacial score (nSPS) is 17.7. The lowest BCUT2D eigenvalue weighted by Crippen LogP contribution is -2.30. The lowest BCUT2D eigenvalue weighted by atomic mass is 9.95. The highest BCUT2D eigenvalue weighted by atomic mass is 16.5. The molecule has 1 aliphatic rings. The number of hydrogen-bond acceptors (Lipinski definition) is 5. The monoisotopic (exact) mass is 414 g/mol. The van der Waals surface area contributed by atoms with Crippen LogP contribution in [0.15, 0.2) is 84.6 Å². The first-order valence-corrected chi connectivity index (χ1v) is 10.1. The summed E-state index contributed by atoms with van der Waals surface area (Å²) in [4.78, 5) is 31.6. The Bertz CT molecular complexity index is 1110. The van der Waals surface area contributed by atoms with Crippen LogP contribution in [-0.4, -0.2) is 28.4 Å². The van der Waals surface area contributed by atoms with Crippen molar-refractivity contribution in [3.05, 3.63) is 95.7 Å². The number of rotatable bonds is 6. The summed E-state index contributed by atoms with van der Waals surface area (Å²) in [6.07, 6.45) is 2.45. The summed E-state index contributed by atoms with van der Waals surface area (Å²) >= 11 is 0. The zero-order chi connectivity index (χ0) is 21.8. The van der Waals surface area contributed by atoms with Crippen molar-refractivity contribution >= 4 is 23.3 Å². The van der Waals surface area contributed by atoms with Crippen molar-refractivity contribution in [2.24, 2.45) is 0 Å². The van der Waals surface area contributed by atoms with Crippen molar-refractivity contribution in [2.75, 3.05) is 11.5 Å². The maximum absolute atomic E-state index is 13.0. The molecular formula is C25H22N2O4. The molecule has 2 aromatic carbocycles. The summed E-state index contributed by atoms with van der Waals surface area (Å²) < 4.78 is 5.58. The lowest BCUT2D eigenvalue weighted by Gasteiger charge is -2.24. The minimum atomic E-state index is -0.785. The number of carbonyl (C=O) groups is 2. The Morgan fingerprint density at radius 2 is 1.71 bits per heavy atom.